The first-order valence-electron chi connectivity index (χ1n) is 6.33. The van der Waals surface area contributed by atoms with Crippen LogP contribution in [0.2, 0.25) is 0 Å². The molecule has 3 rings (SSSR count). The van der Waals surface area contributed by atoms with E-state index in [9.17, 15) is 4.79 Å². The first-order valence-corrected chi connectivity index (χ1v) is 6.33. The van der Waals surface area contributed by atoms with E-state index in [0.29, 0.717) is 12.4 Å². The van der Waals surface area contributed by atoms with Gasteiger partial charge in [-0.15, -0.1) is 10.2 Å². The second kappa shape index (κ2) is 5.91. The number of pyridine rings is 1. The molecule has 0 unspecified atom stereocenters. The van der Waals surface area contributed by atoms with Gasteiger partial charge in [0.05, 0.1) is 12.2 Å². The molecule has 3 aromatic heterocycles. The number of imidazole rings is 1. The first-order chi connectivity index (χ1) is 10.3. The predicted octanol–water partition coefficient (Wildman–Crippen LogP) is 0.987. The zero-order valence-corrected chi connectivity index (χ0v) is 11.0. The zero-order valence-electron chi connectivity index (χ0n) is 11.0. The lowest BCUT2D eigenvalue weighted by atomic mass is 10.3. The minimum Gasteiger partial charge on any atom is -0.345 e. The highest BCUT2D eigenvalue weighted by Gasteiger charge is 2.08. The van der Waals surface area contributed by atoms with Crippen LogP contribution in [0.1, 0.15) is 16.2 Å². The minimum atomic E-state index is -0.287. The van der Waals surface area contributed by atoms with E-state index in [0.717, 1.165) is 5.69 Å². The number of amides is 1. The summed E-state index contributed by atoms with van der Waals surface area (Å²) in [5.74, 6) is 0.319. The molecule has 0 saturated heterocycles. The van der Waals surface area contributed by atoms with E-state index >= 15 is 0 Å². The third kappa shape index (κ3) is 3.08. The average molecular weight is 280 g/mol. The van der Waals surface area contributed by atoms with Crippen LogP contribution in [0.4, 0.5) is 0 Å². The number of rotatable bonds is 4. The monoisotopic (exact) mass is 280 g/mol. The predicted molar refractivity (Wildman–Crippen MR) is 74.6 cm³/mol. The highest BCUT2D eigenvalue weighted by atomic mass is 16.1. The van der Waals surface area contributed by atoms with Crippen molar-refractivity contribution < 1.29 is 4.79 Å². The van der Waals surface area contributed by atoms with Gasteiger partial charge in [-0.05, 0) is 24.3 Å². The fourth-order valence-corrected chi connectivity index (χ4v) is 1.74. The maximum absolute atomic E-state index is 12.0. The molecule has 21 heavy (non-hydrogen) atoms. The molecule has 0 aliphatic carbocycles. The molecular weight excluding hydrogens is 268 g/mol. The second-order valence-corrected chi connectivity index (χ2v) is 4.25. The molecule has 1 amide bonds. The van der Waals surface area contributed by atoms with Crippen LogP contribution >= 0.6 is 0 Å². The SMILES string of the molecule is O=C(NCc1ccccn1)c1ccc(-n2ccnc2)nn1. The molecule has 3 aromatic rings. The summed E-state index contributed by atoms with van der Waals surface area (Å²) >= 11 is 0. The molecule has 0 atom stereocenters. The van der Waals surface area contributed by atoms with Crippen molar-refractivity contribution in [3.63, 3.8) is 0 Å². The van der Waals surface area contributed by atoms with E-state index < -0.39 is 0 Å². The molecule has 0 aliphatic rings. The fourth-order valence-electron chi connectivity index (χ4n) is 1.74. The summed E-state index contributed by atoms with van der Waals surface area (Å²) < 4.78 is 1.71. The van der Waals surface area contributed by atoms with Crippen LogP contribution in [-0.2, 0) is 6.54 Å². The normalized spacial score (nSPS) is 10.3. The summed E-state index contributed by atoms with van der Waals surface area (Å²) in [5.41, 5.74) is 1.05. The number of hydrogen-bond donors (Lipinski definition) is 1. The highest BCUT2D eigenvalue weighted by Crippen LogP contribution is 2.03. The molecule has 1 N–H and O–H groups in total. The van der Waals surface area contributed by atoms with Gasteiger partial charge in [0.15, 0.2) is 11.5 Å². The molecule has 0 aliphatic heterocycles. The molecule has 0 radical (unpaired) electrons. The molecule has 3 heterocycles. The molecular formula is C14H12N6O. The number of hydrogen-bond acceptors (Lipinski definition) is 5. The standard InChI is InChI=1S/C14H12N6O/c21-14(17-9-11-3-1-2-6-16-11)12-4-5-13(19-18-12)20-8-7-15-10-20/h1-8,10H,9H2,(H,17,21). The highest BCUT2D eigenvalue weighted by molar-refractivity contribution is 5.92. The lowest BCUT2D eigenvalue weighted by Crippen LogP contribution is -2.24. The zero-order chi connectivity index (χ0) is 14.5. The van der Waals surface area contributed by atoms with Gasteiger partial charge in [0.25, 0.3) is 5.91 Å². The van der Waals surface area contributed by atoms with E-state index in [-0.39, 0.29) is 11.6 Å². The second-order valence-electron chi connectivity index (χ2n) is 4.25. The summed E-state index contributed by atoms with van der Waals surface area (Å²) in [6.45, 7) is 0.352. The number of nitrogens with zero attached hydrogens (tertiary/aromatic N) is 5. The van der Waals surface area contributed by atoms with Crippen molar-refractivity contribution in [1.29, 1.82) is 0 Å². The summed E-state index contributed by atoms with van der Waals surface area (Å²) in [6, 6.07) is 8.87. The Labute approximate surface area is 120 Å². The topological polar surface area (TPSA) is 85.6 Å². The molecule has 104 valence electrons. The maximum atomic E-state index is 12.0. The number of carbonyl (C=O) groups is 1. The van der Waals surface area contributed by atoms with Gasteiger partial charge in [-0.25, -0.2) is 4.98 Å². The Hall–Kier alpha value is -3.09. The Morgan fingerprint density at radius 2 is 2.10 bits per heavy atom. The molecule has 0 bridgehead atoms. The quantitative estimate of drug-likeness (QED) is 0.770. The Kier molecular flexibility index (Phi) is 3.64. The molecule has 0 fully saturated rings. The summed E-state index contributed by atoms with van der Waals surface area (Å²) in [5, 5.41) is 10.7. The Morgan fingerprint density at radius 3 is 2.76 bits per heavy atom. The van der Waals surface area contributed by atoms with Crippen LogP contribution in [0.3, 0.4) is 0 Å². The Bertz CT molecular complexity index is 709. The molecule has 7 nitrogen and oxygen atoms in total. The minimum absolute atomic E-state index is 0.259. The molecule has 0 aromatic carbocycles. The van der Waals surface area contributed by atoms with Crippen molar-refractivity contribution in [2.24, 2.45) is 0 Å². The van der Waals surface area contributed by atoms with Gasteiger partial charge in [-0.1, -0.05) is 6.07 Å². The van der Waals surface area contributed by atoms with Gasteiger partial charge in [0.2, 0.25) is 0 Å². The van der Waals surface area contributed by atoms with Gasteiger partial charge >= 0.3 is 0 Å². The van der Waals surface area contributed by atoms with Gasteiger partial charge in [0, 0.05) is 18.6 Å². The van der Waals surface area contributed by atoms with Gasteiger partial charge < -0.3 is 5.32 Å². The van der Waals surface area contributed by atoms with Crippen molar-refractivity contribution in [3.8, 4) is 5.82 Å². The van der Waals surface area contributed by atoms with Crippen molar-refractivity contribution >= 4 is 5.91 Å². The third-order valence-corrected chi connectivity index (χ3v) is 2.81. The number of nitrogens with one attached hydrogen (secondary N) is 1. The molecule has 0 spiro atoms. The lowest BCUT2D eigenvalue weighted by molar-refractivity contribution is 0.0944. The third-order valence-electron chi connectivity index (χ3n) is 2.81. The lowest BCUT2D eigenvalue weighted by Gasteiger charge is -2.04. The van der Waals surface area contributed by atoms with Gasteiger partial charge in [0.1, 0.15) is 6.33 Å². The number of aromatic nitrogens is 5. The van der Waals surface area contributed by atoms with E-state index in [1.165, 1.54) is 0 Å². The van der Waals surface area contributed by atoms with Crippen LogP contribution < -0.4 is 5.32 Å². The average Bonchev–Trinajstić information content (AvgIpc) is 3.08. The van der Waals surface area contributed by atoms with E-state index in [2.05, 4.69) is 25.5 Å². The summed E-state index contributed by atoms with van der Waals surface area (Å²) in [4.78, 5) is 20.0. The van der Waals surface area contributed by atoms with Crippen LogP contribution in [0, 0.1) is 0 Å². The van der Waals surface area contributed by atoms with Crippen molar-refractivity contribution in [1.82, 2.24) is 30.0 Å². The van der Waals surface area contributed by atoms with E-state index in [1.54, 1.807) is 41.6 Å². The molecule has 0 saturated carbocycles. The van der Waals surface area contributed by atoms with Gasteiger partial charge in [-0.3, -0.25) is 14.3 Å². The summed E-state index contributed by atoms with van der Waals surface area (Å²) in [7, 11) is 0. The van der Waals surface area contributed by atoms with Crippen LogP contribution in [0.25, 0.3) is 5.82 Å². The van der Waals surface area contributed by atoms with Crippen LogP contribution in [0.5, 0.6) is 0 Å². The van der Waals surface area contributed by atoms with E-state index in [1.807, 2.05) is 18.2 Å². The van der Waals surface area contributed by atoms with Crippen LogP contribution in [0.15, 0.2) is 55.2 Å². The fraction of sp³-hybridized carbons (Fsp3) is 0.0714. The Morgan fingerprint density at radius 1 is 1.14 bits per heavy atom. The first kappa shape index (κ1) is 12.9. The van der Waals surface area contributed by atoms with Crippen molar-refractivity contribution in [2.45, 2.75) is 6.54 Å². The Balaban J connectivity index is 1.65. The maximum Gasteiger partial charge on any atom is 0.272 e. The van der Waals surface area contributed by atoms with Crippen LogP contribution in [-0.4, -0.2) is 30.6 Å². The van der Waals surface area contributed by atoms with Crippen molar-refractivity contribution in [2.75, 3.05) is 0 Å². The number of carbonyl (C=O) groups excluding carboxylic acids is 1. The summed E-state index contributed by atoms with van der Waals surface area (Å²) in [6.07, 6.45) is 6.70. The smallest absolute Gasteiger partial charge is 0.272 e. The molecule has 7 heteroatoms. The van der Waals surface area contributed by atoms with Gasteiger partial charge in [-0.2, -0.15) is 0 Å². The largest absolute Gasteiger partial charge is 0.345 e. The van der Waals surface area contributed by atoms with E-state index in [4.69, 9.17) is 0 Å². The van der Waals surface area contributed by atoms with Crippen molar-refractivity contribution in [3.05, 3.63) is 66.6 Å².